The van der Waals surface area contributed by atoms with Crippen LogP contribution in [0.2, 0.25) is 5.02 Å². The van der Waals surface area contributed by atoms with Crippen LogP contribution < -0.4 is 0 Å². The van der Waals surface area contributed by atoms with E-state index < -0.39 is 0 Å². The molecule has 1 amide bonds. The van der Waals surface area contributed by atoms with Crippen LogP contribution in [-0.2, 0) is 11.2 Å². The zero-order chi connectivity index (χ0) is 18.9. The first kappa shape index (κ1) is 21.2. The van der Waals surface area contributed by atoms with Gasteiger partial charge in [0.2, 0.25) is 5.91 Å². The molecule has 0 bridgehead atoms. The van der Waals surface area contributed by atoms with Crippen molar-refractivity contribution in [2.45, 2.75) is 64.8 Å². The third-order valence-corrected chi connectivity index (χ3v) is 5.48. The summed E-state index contributed by atoms with van der Waals surface area (Å²) in [6.45, 7) is 8.33. The average molecular weight is 383 g/mol. The van der Waals surface area contributed by atoms with Crippen molar-refractivity contribution in [1.82, 2.24) is 9.80 Å². The number of unbranched alkanes of at least 4 members (excludes halogenated alkanes) is 1. The molecule has 0 aromatic heterocycles. The van der Waals surface area contributed by atoms with Crippen molar-refractivity contribution in [2.24, 2.45) is 0 Å². The standard InChI is InChI=1S/C21H32ClFN2O/c1-3-11-24(12-6-7-14-25-13-5-4-8-21(25)26)17(2)15-18-9-10-20(23)19(22)16-18/h9-10,16-17H,3-8,11-15H2,1-2H3. The number of carbonyl (C=O) groups excluding carboxylic acids is 1. The zero-order valence-electron chi connectivity index (χ0n) is 16.1. The molecular weight excluding hydrogens is 351 g/mol. The van der Waals surface area contributed by atoms with Crippen LogP contribution in [0, 0.1) is 5.82 Å². The maximum absolute atomic E-state index is 13.3. The number of halogens is 2. The van der Waals surface area contributed by atoms with Gasteiger partial charge in [0, 0.05) is 25.6 Å². The second kappa shape index (κ2) is 10.9. The molecule has 146 valence electrons. The predicted octanol–water partition coefficient (Wildman–Crippen LogP) is 4.91. The summed E-state index contributed by atoms with van der Waals surface area (Å²) in [5.41, 5.74) is 1.07. The van der Waals surface area contributed by atoms with E-state index in [1.54, 1.807) is 6.07 Å². The predicted molar refractivity (Wildman–Crippen MR) is 106 cm³/mol. The van der Waals surface area contributed by atoms with Gasteiger partial charge < -0.3 is 9.80 Å². The highest BCUT2D eigenvalue weighted by atomic mass is 35.5. The van der Waals surface area contributed by atoms with Crippen molar-refractivity contribution < 1.29 is 9.18 Å². The molecule has 1 aromatic rings. The molecule has 1 aliphatic rings. The Morgan fingerprint density at radius 2 is 2.08 bits per heavy atom. The van der Waals surface area contributed by atoms with Crippen LogP contribution in [0.15, 0.2) is 18.2 Å². The van der Waals surface area contributed by atoms with Crippen molar-refractivity contribution in [1.29, 1.82) is 0 Å². The molecule has 0 saturated carbocycles. The lowest BCUT2D eigenvalue weighted by Crippen LogP contribution is -2.38. The zero-order valence-corrected chi connectivity index (χ0v) is 16.9. The summed E-state index contributed by atoms with van der Waals surface area (Å²) in [6.07, 6.45) is 7.04. The van der Waals surface area contributed by atoms with Crippen LogP contribution in [0.4, 0.5) is 4.39 Å². The summed E-state index contributed by atoms with van der Waals surface area (Å²) in [5.74, 6) is -0.0380. The van der Waals surface area contributed by atoms with Crippen LogP contribution in [0.25, 0.3) is 0 Å². The summed E-state index contributed by atoms with van der Waals surface area (Å²) in [4.78, 5) is 16.4. The number of carbonyl (C=O) groups is 1. The Hall–Kier alpha value is -1.13. The number of nitrogens with zero attached hydrogens (tertiary/aromatic N) is 2. The fourth-order valence-corrected chi connectivity index (χ4v) is 3.90. The van der Waals surface area contributed by atoms with Gasteiger partial charge in [-0.25, -0.2) is 4.39 Å². The van der Waals surface area contributed by atoms with E-state index >= 15 is 0 Å². The third-order valence-electron chi connectivity index (χ3n) is 5.19. The first-order valence-corrected chi connectivity index (χ1v) is 10.3. The fourth-order valence-electron chi connectivity index (χ4n) is 3.69. The maximum Gasteiger partial charge on any atom is 0.222 e. The normalized spacial score (nSPS) is 16.3. The van der Waals surface area contributed by atoms with Gasteiger partial charge in [0.15, 0.2) is 0 Å². The van der Waals surface area contributed by atoms with Gasteiger partial charge >= 0.3 is 0 Å². The van der Waals surface area contributed by atoms with E-state index in [9.17, 15) is 9.18 Å². The van der Waals surface area contributed by atoms with Gasteiger partial charge in [-0.3, -0.25) is 4.79 Å². The number of benzene rings is 1. The largest absolute Gasteiger partial charge is 0.343 e. The highest BCUT2D eigenvalue weighted by Gasteiger charge is 2.18. The van der Waals surface area contributed by atoms with Crippen molar-refractivity contribution >= 4 is 17.5 Å². The van der Waals surface area contributed by atoms with E-state index in [2.05, 4.69) is 18.7 Å². The van der Waals surface area contributed by atoms with Crippen LogP contribution in [0.3, 0.4) is 0 Å². The summed E-state index contributed by atoms with van der Waals surface area (Å²) >= 11 is 5.91. The summed E-state index contributed by atoms with van der Waals surface area (Å²) in [7, 11) is 0. The number of hydrogen-bond acceptors (Lipinski definition) is 2. The molecule has 3 nitrogen and oxygen atoms in total. The van der Waals surface area contributed by atoms with E-state index in [0.29, 0.717) is 11.9 Å². The number of likely N-dealkylation sites (tertiary alicyclic amines) is 1. The van der Waals surface area contributed by atoms with Crippen LogP contribution >= 0.6 is 11.6 Å². The molecule has 1 saturated heterocycles. The molecule has 5 heteroatoms. The Labute approximate surface area is 162 Å². The molecule has 2 rings (SSSR count). The number of amides is 1. The van der Waals surface area contributed by atoms with E-state index in [1.807, 2.05) is 11.0 Å². The second-order valence-electron chi connectivity index (χ2n) is 7.38. The molecule has 1 aromatic carbocycles. The second-order valence-corrected chi connectivity index (χ2v) is 7.79. The lowest BCUT2D eigenvalue weighted by molar-refractivity contribution is -0.133. The minimum Gasteiger partial charge on any atom is -0.343 e. The molecule has 1 aliphatic heterocycles. The summed E-state index contributed by atoms with van der Waals surface area (Å²) in [6, 6.07) is 5.39. The molecule has 1 fully saturated rings. The summed E-state index contributed by atoms with van der Waals surface area (Å²) in [5, 5.41) is 0.197. The van der Waals surface area contributed by atoms with E-state index in [-0.39, 0.29) is 10.8 Å². The monoisotopic (exact) mass is 382 g/mol. The minimum atomic E-state index is -0.360. The Morgan fingerprint density at radius 1 is 1.27 bits per heavy atom. The highest BCUT2D eigenvalue weighted by Crippen LogP contribution is 2.19. The van der Waals surface area contributed by atoms with Crippen molar-refractivity contribution in [3.8, 4) is 0 Å². The molecule has 26 heavy (non-hydrogen) atoms. The van der Waals surface area contributed by atoms with Gasteiger partial charge in [0.25, 0.3) is 0 Å². The average Bonchev–Trinajstić information content (AvgIpc) is 2.62. The van der Waals surface area contributed by atoms with Crippen LogP contribution in [0.5, 0.6) is 0 Å². The van der Waals surface area contributed by atoms with E-state index in [0.717, 1.165) is 76.7 Å². The molecule has 0 N–H and O–H groups in total. The maximum atomic E-state index is 13.3. The van der Waals surface area contributed by atoms with Crippen molar-refractivity contribution in [3.63, 3.8) is 0 Å². The highest BCUT2D eigenvalue weighted by molar-refractivity contribution is 6.30. The Kier molecular flexibility index (Phi) is 8.86. The van der Waals surface area contributed by atoms with Crippen molar-refractivity contribution in [2.75, 3.05) is 26.2 Å². The van der Waals surface area contributed by atoms with Crippen molar-refractivity contribution in [3.05, 3.63) is 34.6 Å². The van der Waals surface area contributed by atoms with Crippen LogP contribution in [0.1, 0.15) is 57.9 Å². The molecular formula is C21H32ClFN2O. The van der Waals surface area contributed by atoms with Gasteiger partial charge in [-0.2, -0.15) is 0 Å². The third kappa shape index (κ3) is 6.55. The van der Waals surface area contributed by atoms with E-state index in [4.69, 9.17) is 11.6 Å². The van der Waals surface area contributed by atoms with Gasteiger partial charge in [0.05, 0.1) is 5.02 Å². The molecule has 1 heterocycles. The minimum absolute atomic E-state index is 0.197. The first-order chi connectivity index (χ1) is 12.5. The van der Waals surface area contributed by atoms with Gasteiger partial charge in [-0.15, -0.1) is 0 Å². The Bertz CT molecular complexity index is 581. The van der Waals surface area contributed by atoms with Crippen LogP contribution in [-0.4, -0.2) is 47.9 Å². The quantitative estimate of drug-likeness (QED) is 0.536. The van der Waals surface area contributed by atoms with Gasteiger partial charge in [0.1, 0.15) is 5.82 Å². The number of piperidine rings is 1. The fraction of sp³-hybridized carbons (Fsp3) is 0.667. The number of hydrogen-bond donors (Lipinski definition) is 0. The summed E-state index contributed by atoms with van der Waals surface area (Å²) < 4.78 is 13.3. The SMILES string of the molecule is CCCN(CCCCN1CCCCC1=O)C(C)Cc1ccc(F)c(Cl)c1. The Morgan fingerprint density at radius 3 is 2.77 bits per heavy atom. The van der Waals surface area contributed by atoms with Gasteiger partial charge in [-0.1, -0.05) is 24.6 Å². The smallest absolute Gasteiger partial charge is 0.222 e. The van der Waals surface area contributed by atoms with E-state index in [1.165, 1.54) is 6.07 Å². The Balaban J connectivity index is 1.78. The molecule has 0 spiro atoms. The molecule has 0 aliphatic carbocycles. The topological polar surface area (TPSA) is 23.6 Å². The van der Waals surface area contributed by atoms with Gasteiger partial charge in [-0.05, 0) is 76.2 Å². The lowest BCUT2D eigenvalue weighted by Gasteiger charge is -2.30. The molecule has 0 radical (unpaired) electrons. The first-order valence-electron chi connectivity index (χ1n) is 9.97. The molecule has 1 unspecified atom stereocenters. The number of rotatable bonds is 10. The lowest BCUT2D eigenvalue weighted by atomic mass is 10.0. The molecule has 1 atom stereocenters.